The maximum absolute atomic E-state index is 12.1. The van der Waals surface area contributed by atoms with Crippen LogP contribution in [-0.2, 0) is 9.53 Å². The molecule has 1 aromatic heterocycles. The van der Waals surface area contributed by atoms with Gasteiger partial charge < -0.3 is 19.8 Å². The molecule has 2 aromatic carbocycles. The number of esters is 1. The van der Waals surface area contributed by atoms with Gasteiger partial charge in [-0.1, -0.05) is 30.3 Å². The molecule has 0 saturated carbocycles. The third-order valence-electron chi connectivity index (χ3n) is 3.55. The smallest absolute Gasteiger partial charge is 0.355 e. The van der Waals surface area contributed by atoms with Crippen LogP contribution >= 0.6 is 0 Å². The number of aromatic nitrogens is 1. The number of benzene rings is 2. The minimum atomic E-state index is -0.579. The topological polar surface area (TPSA) is 80.4 Å². The van der Waals surface area contributed by atoms with Crippen molar-refractivity contribution in [1.29, 1.82) is 0 Å². The van der Waals surface area contributed by atoms with Crippen LogP contribution in [0.4, 0.5) is 5.69 Å². The van der Waals surface area contributed by atoms with Crippen LogP contribution < -0.4 is 10.1 Å². The molecule has 0 saturated heterocycles. The van der Waals surface area contributed by atoms with Crippen LogP contribution in [0.25, 0.3) is 10.9 Å². The molecule has 0 bridgehead atoms. The van der Waals surface area contributed by atoms with Crippen LogP contribution in [0.1, 0.15) is 17.4 Å². The third kappa shape index (κ3) is 3.98. The molecule has 128 valence electrons. The summed E-state index contributed by atoms with van der Waals surface area (Å²) in [5, 5.41) is 3.58. The van der Waals surface area contributed by atoms with E-state index in [0.717, 1.165) is 10.9 Å². The molecule has 0 aliphatic rings. The van der Waals surface area contributed by atoms with Gasteiger partial charge in [0.1, 0.15) is 11.4 Å². The van der Waals surface area contributed by atoms with Gasteiger partial charge in [0.25, 0.3) is 5.91 Å². The second-order valence-corrected chi connectivity index (χ2v) is 5.32. The highest BCUT2D eigenvalue weighted by Gasteiger charge is 2.14. The van der Waals surface area contributed by atoms with Gasteiger partial charge in [-0.05, 0) is 31.2 Å². The van der Waals surface area contributed by atoms with Crippen molar-refractivity contribution in [2.75, 3.05) is 18.5 Å². The largest absolute Gasteiger partial charge is 0.492 e. The Kier molecular flexibility index (Phi) is 4.99. The van der Waals surface area contributed by atoms with Crippen LogP contribution in [0.5, 0.6) is 5.75 Å². The van der Waals surface area contributed by atoms with Crippen molar-refractivity contribution in [2.24, 2.45) is 0 Å². The lowest BCUT2D eigenvalue weighted by Gasteiger charge is -2.11. The molecule has 25 heavy (non-hydrogen) atoms. The fourth-order valence-corrected chi connectivity index (χ4v) is 2.43. The van der Waals surface area contributed by atoms with Gasteiger partial charge in [0, 0.05) is 10.9 Å². The van der Waals surface area contributed by atoms with Crippen molar-refractivity contribution in [2.45, 2.75) is 6.92 Å². The van der Waals surface area contributed by atoms with Crippen LogP contribution in [0.15, 0.2) is 54.6 Å². The third-order valence-corrected chi connectivity index (χ3v) is 3.55. The fourth-order valence-electron chi connectivity index (χ4n) is 2.43. The van der Waals surface area contributed by atoms with E-state index in [9.17, 15) is 9.59 Å². The number of hydrogen-bond donors (Lipinski definition) is 2. The maximum atomic E-state index is 12.1. The number of rotatable bonds is 6. The average molecular weight is 338 g/mol. The second-order valence-electron chi connectivity index (χ2n) is 5.32. The molecule has 0 fully saturated rings. The number of carbonyl (C=O) groups excluding carboxylic acids is 2. The van der Waals surface area contributed by atoms with E-state index >= 15 is 0 Å². The van der Waals surface area contributed by atoms with Crippen molar-refractivity contribution in [3.05, 3.63) is 60.3 Å². The molecule has 0 aliphatic carbocycles. The molecule has 0 atom stereocenters. The van der Waals surface area contributed by atoms with Crippen molar-refractivity contribution in [3.8, 4) is 5.75 Å². The van der Waals surface area contributed by atoms with Crippen molar-refractivity contribution >= 4 is 28.5 Å². The Balaban J connectivity index is 1.59. The van der Waals surface area contributed by atoms with Gasteiger partial charge in [0.2, 0.25) is 0 Å². The van der Waals surface area contributed by atoms with E-state index in [2.05, 4.69) is 10.3 Å². The van der Waals surface area contributed by atoms with Gasteiger partial charge in [0.05, 0.1) is 12.3 Å². The number of carbonyl (C=O) groups is 2. The minimum absolute atomic E-state index is 0.309. The average Bonchev–Trinajstić information content (AvgIpc) is 3.06. The first-order valence-corrected chi connectivity index (χ1v) is 7.94. The van der Waals surface area contributed by atoms with Crippen LogP contribution in [0.2, 0.25) is 0 Å². The molecule has 3 aromatic rings. The van der Waals surface area contributed by atoms with E-state index in [4.69, 9.17) is 9.47 Å². The summed E-state index contributed by atoms with van der Waals surface area (Å²) in [5.74, 6) is -0.443. The van der Waals surface area contributed by atoms with E-state index in [-0.39, 0.29) is 6.61 Å². The molecular formula is C19H18N2O4. The predicted molar refractivity (Wildman–Crippen MR) is 94.8 cm³/mol. The molecule has 0 radical (unpaired) electrons. The highest BCUT2D eigenvalue weighted by molar-refractivity contribution is 5.98. The summed E-state index contributed by atoms with van der Waals surface area (Å²) in [4.78, 5) is 27.1. The Hall–Kier alpha value is -3.28. The first kappa shape index (κ1) is 16.6. The summed E-state index contributed by atoms with van der Waals surface area (Å²) >= 11 is 0. The number of hydrogen-bond acceptors (Lipinski definition) is 4. The number of fused-ring (bicyclic) bond motifs is 1. The molecule has 0 unspecified atom stereocenters. The Morgan fingerprint density at radius 2 is 1.84 bits per heavy atom. The highest BCUT2D eigenvalue weighted by atomic mass is 16.5. The number of anilines is 1. The highest BCUT2D eigenvalue weighted by Crippen LogP contribution is 2.23. The summed E-state index contributed by atoms with van der Waals surface area (Å²) < 4.78 is 10.5. The first-order valence-electron chi connectivity index (χ1n) is 7.94. The van der Waals surface area contributed by atoms with Gasteiger partial charge in [-0.25, -0.2) is 4.79 Å². The normalized spacial score (nSPS) is 10.4. The lowest BCUT2D eigenvalue weighted by molar-refractivity contribution is -0.119. The summed E-state index contributed by atoms with van der Waals surface area (Å²) in [6, 6.07) is 16.3. The van der Waals surface area contributed by atoms with Gasteiger partial charge in [-0.15, -0.1) is 0 Å². The van der Waals surface area contributed by atoms with E-state index in [1.807, 2.05) is 37.3 Å². The van der Waals surface area contributed by atoms with E-state index < -0.39 is 11.9 Å². The maximum Gasteiger partial charge on any atom is 0.355 e. The molecule has 1 heterocycles. The lowest BCUT2D eigenvalue weighted by Crippen LogP contribution is -2.21. The zero-order valence-corrected chi connectivity index (χ0v) is 13.7. The number of ether oxygens (including phenoxy) is 2. The van der Waals surface area contributed by atoms with Gasteiger partial charge in [0.15, 0.2) is 6.61 Å². The molecule has 2 N–H and O–H groups in total. The number of aromatic amines is 1. The SMILES string of the molecule is CCOc1ccccc1NC(=O)COC(=O)c1cc2ccccc2[nH]1. The quantitative estimate of drug-likeness (QED) is 0.675. The first-order chi connectivity index (χ1) is 12.2. The van der Waals surface area contributed by atoms with E-state index in [0.29, 0.717) is 23.7 Å². The Morgan fingerprint density at radius 1 is 1.08 bits per heavy atom. The van der Waals surface area contributed by atoms with Crippen molar-refractivity contribution < 1.29 is 19.1 Å². The monoisotopic (exact) mass is 338 g/mol. The van der Waals surface area contributed by atoms with Crippen LogP contribution in [0, 0.1) is 0 Å². The summed E-state index contributed by atoms with van der Waals surface area (Å²) in [6.07, 6.45) is 0. The molecule has 0 aliphatic heterocycles. The summed E-state index contributed by atoms with van der Waals surface area (Å²) in [7, 11) is 0. The lowest BCUT2D eigenvalue weighted by atomic mass is 10.2. The van der Waals surface area contributed by atoms with E-state index in [1.165, 1.54) is 0 Å². The molecule has 6 nitrogen and oxygen atoms in total. The van der Waals surface area contributed by atoms with Gasteiger partial charge in [-0.2, -0.15) is 0 Å². The zero-order valence-electron chi connectivity index (χ0n) is 13.7. The van der Waals surface area contributed by atoms with Gasteiger partial charge >= 0.3 is 5.97 Å². The standard InChI is InChI=1S/C19H18N2O4/c1-2-24-17-10-6-5-9-15(17)21-18(22)12-25-19(23)16-11-13-7-3-4-8-14(13)20-16/h3-11,20H,2,12H2,1H3,(H,21,22). The van der Waals surface area contributed by atoms with Crippen molar-refractivity contribution in [3.63, 3.8) is 0 Å². The van der Waals surface area contributed by atoms with Crippen molar-refractivity contribution in [1.82, 2.24) is 4.98 Å². The Morgan fingerprint density at radius 3 is 2.64 bits per heavy atom. The number of amides is 1. The van der Waals surface area contributed by atoms with Crippen LogP contribution in [0.3, 0.4) is 0 Å². The fraction of sp³-hybridized carbons (Fsp3) is 0.158. The number of para-hydroxylation sites is 3. The number of nitrogens with one attached hydrogen (secondary N) is 2. The second kappa shape index (κ2) is 7.53. The Bertz CT molecular complexity index is 868. The molecule has 3 rings (SSSR count). The van der Waals surface area contributed by atoms with E-state index in [1.54, 1.807) is 24.3 Å². The molecule has 6 heteroatoms. The molecular weight excluding hydrogens is 320 g/mol. The minimum Gasteiger partial charge on any atom is -0.492 e. The zero-order chi connectivity index (χ0) is 17.6. The summed E-state index contributed by atoms with van der Waals surface area (Å²) in [6.45, 7) is 1.97. The van der Waals surface area contributed by atoms with Gasteiger partial charge in [-0.3, -0.25) is 4.79 Å². The Labute approximate surface area is 144 Å². The summed E-state index contributed by atoms with van der Waals surface area (Å²) in [5.41, 5.74) is 1.68. The molecule has 0 spiro atoms. The molecule has 1 amide bonds. The predicted octanol–water partition coefficient (Wildman–Crippen LogP) is 3.36. The van der Waals surface area contributed by atoms with Crippen LogP contribution in [-0.4, -0.2) is 30.1 Å². The number of H-pyrrole nitrogens is 1.